The number of piperazine rings is 1. The van der Waals surface area contributed by atoms with Gasteiger partial charge in [-0.3, -0.25) is 9.59 Å². The fraction of sp³-hybridized carbons (Fsp3) is 0.909. The van der Waals surface area contributed by atoms with Crippen molar-refractivity contribution in [3.63, 3.8) is 0 Å². The number of rotatable bonds is 6. The lowest BCUT2D eigenvalue weighted by atomic mass is 9.49. The summed E-state index contributed by atoms with van der Waals surface area (Å²) in [4.78, 5) is 28.5. The summed E-state index contributed by atoms with van der Waals surface area (Å²) in [5.74, 6) is 2.00. The zero-order valence-electron chi connectivity index (χ0n) is 19.3. The Labute approximate surface area is 186 Å². The van der Waals surface area contributed by atoms with E-state index >= 15 is 0 Å². The van der Waals surface area contributed by atoms with Crippen LogP contribution in [-0.2, 0) is 19.8 Å². The van der Waals surface area contributed by atoms with Crippen molar-refractivity contribution < 1.29 is 18.0 Å². The Kier molecular flexibility index (Phi) is 6.15. The van der Waals surface area contributed by atoms with Crippen molar-refractivity contribution in [3.05, 3.63) is 0 Å². The molecule has 5 aliphatic rings. The molecule has 0 spiro atoms. The molecule has 8 nitrogen and oxygen atoms in total. The van der Waals surface area contributed by atoms with Crippen LogP contribution in [0.25, 0.3) is 0 Å². The minimum atomic E-state index is -3.47. The van der Waals surface area contributed by atoms with E-state index in [0.717, 1.165) is 19.3 Å². The first-order valence-corrected chi connectivity index (χ1v) is 13.2. The number of hydrogen-bond donors (Lipinski definition) is 1. The summed E-state index contributed by atoms with van der Waals surface area (Å²) in [6.07, 6.45) is 6.76. The molecule has 1 N–H and O–H groups in total. The molecule has 4 saturated carbocycles. The van der Waals surface area contributed by atoms with Crippen LogP contribution in [-0.4, -0.2) is 80.1 Å². The third-order valence-corrected chi connectivity index (χ3v) is 10.0. The number of carbonyl (C=O) groups excluding carboxylic acids is 2. The molecule has 0 aromatic carbocycles. The summed E-state index contributed by atoms with van der Waals surface area (Å²) in [5.41, 5.74) is -0.277. The van der Waals surface area contributed by atoms with E-state index < -0.39 is 16.3 Å². The minimum absolute atomic E-state index is 0.0195. The predicted molar refractivity (Wildman–Crippen MR) is 118 cm³/mol. The molecular weight excluding hydrogens is 416 g/mol. The summed E-state index contributed by atoms with van der Waals surface area (Å²) in [6, 6.07) is -0.558. The second kappa shape index (κ2) is 8.30. The normalized spacial score (nSPS) is 34.4. The van der Waals surface area contributed by atoms with Gasteiger partial charge in [0.05, 0.1) is 0 Å². The van der Waals surface area contributed by atoms with Gasteiger partial charge in [-0.05, 0) is 62.2 Å². The quantitative estimate of drug-likeness (QED) is 0.655. The number of amides is 2. The van der Waals surface area contributed by atoms with Gasteiger partial charge in [0.1, 0.15) is 6.04 Å². The van der Waals surface area contributed by atoms with Gasteiger partial charge < -0.3 is 10.2 Å². The number of nitrogens with zero attached hydrogens (tertiary/aromatic N) is 3. The monoisotopic (exact) mass is 454 g/mol. The van der Waals surface area contributed by atoms with E-state index in [1.807, 2.05) is 13.8 Å². The van der Waals surface area contributed by atoms with Crippen molar-refractivity contribution in [1.29, 1.82) is 0 Å². The Morgan fingerprint density at radius 2 is 1.42 bits per heavy atom. The summed E-state index contributed by atoms with van der Waals surface area (Å²) in [6.45, 7) is 5.19. The summed E-state index contributed by atoms with van der Waals surface area (Å²) < 4.78 is 27.3. The van der Waals surface area contributed by atoms with Gasteiger partial charge in [0, 0.05) is 45.7 Å². The highest BCUT2D eigenvalue weighted by molar-refractivity contribution is 7.86. The molecule has 1 heterocycles. The fourth-order valence-corrected chi connectivity index (χ4v) is 7.85. The van der Waals surface area contributed by atoms with E-state index in [-0.39, 0.29) is 36.2 Å². The molecule has 5 rings (SSSR count). The number of nitrogens with one attached hydrogen (secondary N) is 1. The molecule has 5 fully saturated rings. The van der Waals surface area contributed by atoms with E-state index in [2.05, 4.69) is 5.32 Å². The Hall–Kier alpha value is -1.19. The Balaban J connectivity index is 1.40. The second-order valence-corrected chi connectivity index (χ2v) is 13.0. The van der Waals surface area contributed by atoms with Gasteiger partial charge in [-0.1, -0.05) is 13.8 Å². The maximum Gasteiger partial charge on any atom is 0.281 e. The molecule has 4 bridgehead atoms. The van der Waals surface area contributed by atoms with E-state index in [4.69, 9.17) is 0 Å². The second-order valence-electron chi connectivity index (χ2n) is 10.9. The topological polar surface area (TPSA) is 90.0 Å². The third-order valence-electron chi connectivity index (χ3n) is 8.08. The molecule has 1 atom stereocenters. The van der Waals surface area contributed by atoms with Crippen molar-refractivity contribution in [2.24, 2.45) is 29.1 Å². The van der Waals surface area contributed by atoms with Crippen LogP contribution in [0.2, 0.25) is 0 Å². The largest absolute Gasteiger partial charge is 0.344 e. The first kappa shape index (κ1) is 23.0. The Morgan fingerprint density at radius 1 is 0.935 bits per heavy atom. The first-order valence-electron chi connectivity index (χ1n) is 11.8. The Morgan fingerprint density at radius 3 is 1.84 bits per heavy atom. The van der Waals surface area contributed by atoms with Gasteiger partial charge >= 0.3 is 0 Å². The van der Waals surface area contributed by atoms with E-state index in [9.17, 15) is 18.0 Å². The average molecular weight is 455 g/mol. The zero-order valence-corrected chi connectivity index (χ0v) is 20.2. The maximum atomic E-state index is 13.5. The molecule has 0 radical (unpaired) electrons. The van der Waals surface area contributed by atoms with Gasteiger partial charge in [0.25, 0.3) is 10.2 Å². The van der Waals surface area contributed by atoms with Gasteiger partial charge in [0.2, 0.25) is 11.8 Å². The lowest BCUT2D eigenvalue weighted by Crippen LogP contribution is -2.61. The molecule has 31 heavy (non-hydrogen) atoms. The highest BCUT2D eigenvalue weighted by atomic mass is 32.2. The molecule has 176 valence electrons. The summed E-state index contributed by atoms with van der Waals surface area (Å²) >= 11 is 0. The highest BCUT2D eigenvalue weighted by Crippen LogP contribution is 2.60. The van der Waals surface area contributed by atoms with Crippen LogP contribution in [0.4, 0.5) is 0 Å². The van der Waals surface area contributed by atoms with Gasteiger partial charge in [-0.2, -0.15) is 17.0 Å². The van der Waals surface area contributed by atoms with Crippen LogP contribution in [0, 0.1) is 29.1 Å². The van der Waals surface area contributed by atoms with Crippen LogP contribution >= 0.6 is 0 Å². The number of carbonyl (C=O) groups is 2. The van der Waals surface area contributed by atoms with Crippen molar-refractivity contribution in [2.45, 2.75) is 58.4 Å². The van der Waals surface area contributed by atoms with Gasteiger partial charge in [0.15, 0.2) is 0 Å². The summed E-state index contributed by atoms with van der Waals surface area (Å²) in [5, 5.41) is 3.16. The molecule has 0 aromatic rings. The lowest BCUT2D eigenvalue weighted by Gasteiger charge is -2.56. The highest BCUT2D eigenvalue weighted by Gasteiger charge is 2.55. The third kappa shape index (κ3) is 4.25. The van der Waals surface area contributed by atoms with Gasteiger partial charge in [-0.15, -0.1) is 0 Å². The summed E-state index contributed by atoms with van der Waals surface area (Å²) in [7, 11) is -0.441. The molecule has 9 heteroatoms. The zero-order chi connectivity index (χ0) is 22.6. The molecule has 1 aliphatic heterocycles. The predicted octanol–water partition coefficient (Wildman–Crippen LogP) is 1.29. The smallest absolute Gasteiger partial charge is 0.281 e. The van der Waals surface area contributed by atoms with Crippen LogP contribution < -0.4 is 5.32 Å². The van der Waals surface area contributed by atoms with Crippen molar-refractivity contribution in [3.8, 4) is 0 Å². The lowest BCUT2D eigenvalue weighted by molar-refractivity contribution is -0.151. The van der Waals surface area contributed by atoms with E-state index in [1.165, 1.54) is 42.0 Å². The molecule has 4 aliphatic carbocycles. The SMILES string of the molecule is CC(C)[C@@H](NC(=O)C12CC3CC(CC(C3)C1)C2)C(=O)N1CCN(S(=O)(=O)N(C)C)CC1. The van der Waals surface area contributed by atoms with Crippen LogP contribution in [0.15, 0.2) is 0 Å². The van der Waals surface area contributed by atoms with E-state index in [0.29, 0.717) is 30.8 Å². The molecule has 0 unspecified atom stereocenters. The fourth-order valence-electron chi connectivity index (χ4n) is 6.76. The Bertz CT molecular complexity index is 782. The van der Waals surface area contributed by atoms with Crippen molar-refractivity contribution in [1.82, 2.24) is 18.8 Å². The maximum absolute atomic E-state index is 13.5. The average Bonchev–Trinajstić information content (AvgIpc) is 2.70. The van der Waals surface area contributed by atoms with Crippen molar-refractivity contribution >= 4 is 22.0 Å². The van der Waals surface area contributed by atoms with Gasteiger partial charge in [-0.25, -0.2) is 0 Å². The molecular formula is C22H38N4O4S. The molecule has 0 aromatic heterocycles. The number of hydrogen-bond acceptors (Lipinski definition) is 4. The van der Waals surface area contributed by atoms with Crippen molar-refractivity contribution in [2.75, 3.05) is 40.3 Å². The molecule has 2 amide bonds. The van der Waals surface area contributed by atoms with E-state index in [1.54, 1.807) is 4.90 Å². The standard InChI is InChI=1S/C22H38N4O4S/c1-15(2)19(20(27)25-5-7-26(8-6-25)31(29,30)24(3)4)23-21(28)22-12-16-9-17(13-22)11-18(10-16)14-22/h15-19H,5-14H2,1-4H3,(H,23,28)/t16?,17?,18?,19-,22?/m1/s1. The molecule has 1 saturated heterocycles. The van der Waals surface area contributed by atoms with Crippen LogP contribution in [0.5, 0.6) is 0 Å². The van der Waals surface area contributed by atoms with Crippen LogP contribution in [0.3, 0.4) is 0 Å². The first-order chi connectivity index (χ1) is 14.5. The minimum Gasteiger partial charge on any atom is -0.344 e. The van der Waals surface area contributed by atoms with Crippen LogP contribution in [0.1, 0.15) is 52.4 Å².